The van der Waals surface area contributed by atoms with Crippen molar-refractivity contribution >= 4 is 23.6 Å². The third-order valence-corrected chi connectivity index (χ3v) is 5.66. The maximum absolute atomic E-state index is 4.79. The highest BCUT2D eigenvalue weighted by Crippen LogP contribution is 2.41. The van der Waals surface area contributed by atoms with Gasteiger partial charge in [-0.15, -0.1) is 0 Å². The van der Waals surface area contributed by atoms with Crippen molar-refractivity contribution in [2.24, 2.45) is 15.4 Å². The zero-order chi connectivity index (χ0) is 18.6. The van der Waals surface area contributed by atoms with Crippen LogP contribution in [0.4, 0.5) is 0 Å². The molecule has 2 atom stereocenters. The predicted molar refractivity (Wildman–Crippen MR) is 112 cm³/mol. The van der Waals surface area contributed by atoms with Gasteiger partial charge in [-0.05, 0) is 79.5 Å². The van der Waals surface area contributed by atoms with E-state index in [0.29, 0.717) is 0 Å². The van der Waals surface area contributed by atoms with Gasteiger partial charge in [0.15, 0.2) is 0 Å². The third kappa shape index (κ3) is 3.10. The van der Waals surface area contributed by atoms with Crippen molar-refractivity contribution in [3.05, 3.63) is 70.7 Å². The first kappa shape index (κ1) is 16.5. The van der Waals surface area contributed by atoms with Gasteiger partial charge in [-0.1, -0.05) is 13.8 Å². The minimum absolute atomic E-state index is 0.0957. The Morgan fingerprint density at radius 2 is 1.52 bits per heavy atom. The van der Waals surface area contributed by atoms with Gasteiger partial charge in [0.25, 0.3) is 0 Å². The summed E-state index contributed by atoms with van der Waals surface area (Å²) in [4.78, 5) is 13.0. The van der Waals surface area contributed by atoms with E-state index >= 15 is 0 Å². The Kier molecular flexibility index (Phi) is 3.43. The summed E-state index contributed by atoms with van der Waals surface area (Å²) in [5.74, 6) is 0. The minimum atomic E-state index is -0.0957. The average Bonchev–Trinajstić information content (AvgIpc) is 3.32. The number of nitrogens with zero attached hydrogens (tertiary/aromatic N) is 2. The SMILES string of the molecule is CC12C=C3C=CC(=N3)C=c3ccc([nH]3)=CC3=NC(=CC(N1)C(C)(C)C2)C=C3. The normalized spacial score (nSPS) is 30.3. The fraction of sp³-hybridized carbons (Fsp3) is 0.304. The largest absolute Gasteiger partial charge is 0.355 e. The second-order valence-corrected chi connectivity index (χ2v) is 8.76. The first-order chi connectivity index (χ1) is 12.9. The number of fused-ring (bicyclic) bond motifs is 6. The highest BCUT2D eigenvalue weighted by atomic mass is 15.1. The standard InChI is InChI=1S/C23H24N4/c1-22(2)14-23(3)13-20-9-8-18(26-20)11-16-5-4-15(24-16)10-17-6-7-19(25-17)12-21(22)27-23/h4-13,21,24,27H,14H2,1-3H3. The van der Waals surface area contributed by atoms with Crippen molar-refractivity contribution in [2.75, 3.05) is 0 Å². The van der Waals surface area contributed by atoms with E-state index in [-0.39, 0.29) is 17.0 Å². The van der Waals surface area contributed by atoms with E-state index in [1.54, 1.807) is 0 Å². The Bertz CT molecular complexity index is 1120. The van der Waals surface area contributed by atoms with Gasteiger partial charge in [-0.25, -0.2) is 9.98 Å². The van der Waals surface area contributed by atoms with E-state index in [1.807, 2.05) is 0 Å². The number of hydrogen-bond donors (Lipinski definition) is 2. The van der Waals surface area contributed by atoms with E-state index in [2.05, 4.69) is 91.8 Å². The van der Waals surface area contributed by atoms with Crippen LogP contribution in [0.1, 0.15) is 27.2 Å². The predicted octanol–water partition coefficient (Wildman–Crippen LogP) is 2.53. The molecule has 5 rings (SSSR count). The molecule has 4 heteroatoms. The van der Waals surface area contributed by atoms with Gasteiger partial charge >= 0.3 is 0 Å². The van der Waals surface area contributed by atoms with Gasteiger partial charge in [-0.3, -0.25) is 0 Å². The van der Waals surface area contributed by atoms with Crippen LogP contribution in [-0.2, 0) is 0 Å². The number of H-pyrrole nitrogens is 1. The molecule has 0 spiro atoms. The first-order valence-corrected chi connectivity index (χ1v) is 9.51. The van der Waals surface area contributed by atoms with Crippen LogP contribution in [0, 0.1) is 5.41 Å². The monoisotopic (exact) mass is 356 g/mol. The molecule has 1 aromatic rings. The van der Waals surface area contributed by atoms with Crippen molar-refractivity contribution < 1.29 is 0 Å². The fourth-order valence-corrected chi connectivity index (χ4v) is 4.55. The number of aliphatic imine (C=N–C) groups is 2. The van der Waals surface area contributed by atoms with Gasteiger partial charge in [-0.2, -0.15) is 0 Å². The molecule has 4 aliphatic rings. The molecular formula is C23H24N4. The van der Waals surface area contributed by atoms with E-state index in [9.17, 15) is 0 Å². The molecule has 136 valence electrons. The lowest BCUT2D eigenvalue weighted by Crippen LogP contribution is -2.39. The van der Waals surface area contributed by atoms with Crippen molar-refractivity contribution in [2.45, 2.75) is 38.8 Å². The highest BCUT2D eigenvalue weighted by Gasteiger charge is 2.45. The molecule has 0 aliphatic carbocycles. The van der Waals surface area contributed by atoms with Gasteiger partial charge in [0, 0.05) is 22.3 Å². The topological polar surface area (TPSA) is 52.5 Å². The van der Waals surface area contributed by atoms with Gasteiger partial charge in [0.05, 0.1) is 22.8 Å². The Hall–Kier alpha value is -2.72. The van der Waals surface area contributed by atoms with Gasteiger partial charge in [0.2, 0.25) is 0 Å². The molecule has 0 aromatic carbocycles. The van der Waals surface area contributed by atoms with Gasteiger partial charge < -0.3 is 10.3 Å². The fourth-order valence-electron chi connectivity index (χ4n) is 4.55. The Balaban J connectivity index is 1.68. The lowest BCUT2D eigenvalue weighted by molar-refractivity contribution is 0.349. The second-order valence-electron chi connectivity index (χ2n) is 8.76. The Labute approximate surface area is 159 Å². The summed E-state index contributed by atoms with van der Waals surface area (Å²) in [5, 5.41) is 5.91. The molecule has 1 saturated heterocycles. The molecule has 1 fully saturated rings. The number of allylic oxidation sites excluding steroid dienone is 4. The number of hydrogen-bond acceptors (Lipinski definition) is 3. The smallest absolute Gasteiger partial charge is 0.0658 e. The molecule has 4 aliphatic heterocycles. The van der Waals surface area contributed by atoms with Crippen LogP contribution in [0.3, 0.4) is 0 Å². The van der Waals surface area contributed by atoms with E-state index in [1.165, 1.54) is 0 Å². The van der Waals surface area contributed by atoms with Crippen molar-refractivity contribution in [3.63, 3.8) is 0 Å². The lowest BCUT2D eigenvalue weighted by Gasteiger charge is -2.23. The number of nitrogens with one attached hydrogen (secondary N) is 2. The third-order valence-electron chi connectivity index (χ3n) is 5.66. The maximum atomic E-state index is 4.79. The lowest BCUT2D eigenvalue weighted by atomic mass is 9.80. The van der Waals surface area contributed by atoms with Crippen LogP contribution in [0.25, 0.3) is 12.2 Å². The van der Waals surface area contributed by atoms with Crippen molar-refractivity contribution in [3.8, 4) is 0 Å². The summed E-state index contributed by atoms with van der Waals surface area (Å²) in [6.45, 7) is 6.91. The number of aromatic nitrogens is 1. The number of rotatable bonds is 0. The minimum Gasteiger partial charge on any atom is -0.355 e. The molecule has 0 amide bonds. The van der Waals surface area contributed by atoms with Crippen LogP contribution in [-0.4, -0.2) is 28.0 Å². The summed E-state index contributed by atoms with van der Waals surface area (Å²) in [7, 11) is 0. The van der Waals surface area contributed by atoms with E-state index in [0.717, 1.165) is 39.9 Å². The molecule has 0 saturated carbocycles. The van der Waals surface area contributed by atoms with Crippen LogP contribution in [0.5, 0.6) is 0 Å². The molecule has 0 radical (unpaired) electrons. The molecular weight excluding hydrogens is 332 g/mol. The zero-order valence-corrected chi connectivity index (χ0v) is 16.0. The molecule has 2 unspecified atom stereocenters. The molecule has 5 heterocycles. The summed E-state index contributed by atoms with van der Waals surface area (Å²) in [6, 6.07) is 4.41. The Morgan fingerprint density at radius 1 is 0.889 bits per heavy atom. The zero-order valence-electron chi connectivity index (χ0n) is 16.0. The van der Waals surface area contributed by atoms with Crippen LogP contribution >= 0.6 is 0 Å². The van der Waals surface area contributed by atoms with E-state index in [4.69, 9.17) is 9.98 Å². The summed E-state index contributed by atoms with van der Waals surface area (Å²) in [6.07, 6.45) is 18.1. The molecule has 1 aromatic heterocycles. The van der Waals surface area contributed by atoms with Crippen LogP contribution in [0.15, 0.2) is 70.0 Å². The van der Waals surface area contributed by atoms with Crippen LogP contribution < -0.4 is 16.0 Å². The van der Waals surface area contributed by atoms with Crippen molar-refractivity contribution in [1.29, 1.82) is 0 Å². The van der Waals surface area contributed by atoms with E-state index < -0.39 is 0 Å². The Morgan fingerprint density at radius 3 is 2.22 bits per heavy atom. The summed E-state index contributed by atoms with van der Waals surface area (Å²) < 4.78 is 0. The molecule has 4 nitrogen and oxygen atoms in total. The summed E-state index contributed by atoms with van der Waals surface area (Å²) >= 11 is 0. The number of aromatic amines is 1. The highest BCUT2D eigenvalue weighted by molar-refractivity contribution is 6.20. The first-order valence-electron chi connectivity index (χ1n) is 9.51. The quantitative estimate of drug-likeness (QED) is 0.737. The van der Waals surface area contributed by atoms with Crippen molar-refractivity contribution in [1.82, 2.24) is 10.3 Å². The molecule has 2 N–H and O–H groups in total. The second kappa shape index (κ2) is 5.64. The maximum Gasteiger partial charge on any atom is 0.0658 e. The molecule has 27 heavy (non-hydrogen) atoms. The molecule has 8 bridgehead atoms. The summed E-state index contributed by atoms with van der Waals surface area (Å²) in [5.41, 5.74) is 4.03. The average molecular weight is 356 g/mol. The van der Waals surface area contributed by atoms with Gasteiger partial charge in [0.1, 0.15) is 0 Å². The van der Waals surface area contributed by atoms with Crippen LogP contribution in [0.2, 0.25) is 0 Å².